The topological polar surface area (TPSA) is 58.4 Å². The molecule has 104 valence electrons. The maximum atomic E-state index is 11.9. The number of benzene rings is 1. The van der Waals surface area contributed by atoms with Crippen molar-refractivity contribution < 1.29 is 4.79 Å². The van der Waals surface area contributed by atoms with Crippen LogP contribution in [-0.4, -0.2) is 37.5 Å². The van der Waals surface area contributed by atoms with Gasteiger partial charge >= 0.3 is 0 Å². The molecular formula is C15H23N3O. The van der Waals surface area contributed by atoms with Crippen LogP contribution in [0, 0.1) is 5.41 Å². The predicted molar refractivity (Wildman–Crippen MR) is 76.6 cm³/mol. The normalized spacial score (nSPS) is 25.2. The van der Waals surface area contributed by atoms with E-state index in [1.807, 2.05) is 25.1 Å². The summed E-state index contributed by atoms with van der Waals surface area (Å²) >= 11 is 0. The lowest BCUT2D eigenvalue weighted by Crippen LogP contribution is -2.40. The zero-order valence-electron chi connectivity index (χ0n) is 11.7. The molecule has 0 spiro atoms. The van der Waals surface area contributed by atoms with Gasteiger partial charge < -0.3 is 16.0 Å². The third-order valence-corrected chi connectivity index (χ3v) is 4.01. The quantitative estimate of drug-likeness (QED) is 0.854. The number of hydrogen-bond acceptors (Lipinski definition) is 3. The molecule has 1 heterocycles. The molecule has 2 unspecified atom stereocenters. The molecule has 4 nitrogen and oxygen atoms in total. The third kappa shape index (κ3) is 3.14. The van der Waals surface area contributed by atoms with Gasteiger partial charge in [0.05, 0.1) is 5.41 Å². The number of nitrogens with two attached hydrogens (primary N) is 1. The molecule has 1 aromatic rings. The van der Waals surface area contributed by atoms with Gasteiger partial charge in [-0.25, -0.2) is 0 Å². The van der Waals surface area contributed by atoms with Gasteiger partial charge in [0, 0.05) is 26.2 Å². The van der Waals surface area contributed by atoms with Crippen molar-refractivity contribution in [3.8, 4) is 0 Å². The Labute approximate surface area is 115 Å². The maximum absolute atomic E-state index is 11.9. The first kappa shape index (κ1) is 14.0. The Hall–Kier alpha value is -1.39. The fourth-order valence-corrected chi connectivity index (χ4v) is 2.78. The number of carbonyl (C=O) groups is 1. The molecule has 1 amide bonds. The molecule has 0 bridgehead atoms. The number of hydrogen-bond donors (Lipinski definition) is 2. The molecule has 3 N–H and O–H groups in total. The van der Waals surface area contributed by atoms with E-state index < -0.39 is 0 Å². The first-order chi connectivity index (χ1) is 9.05. The van der Waals surface area contributed by atoms with Crippen LogP contribution in [0.3, 0.4) is 0 Å². The van der Waals surface area contributed by atoms with E-state index in [9.17, 15) is 4.79 Å². The summed E-state index contributed by atoms with van der Waals surface area (Å²) in [6.07, 6.45) is 0.897. The highest BCUT2D eigenvalue weighted by Crippen LogP contribution is 2.30. The van der Waals surface area contributed by atoms with Crippen LogP contribution in [0.25, 0.3) is 0 Å². The second-order valence-electron chi connectivity index (χ2n) is 5.64. The van der Waals surface area contributed by atoms with E-state index in [0.29, 0.717) is 0 Å². The number of nitrogens with zero attached hydrogens (tertiary/aromatic N) is 1. The summed E-state index contributed by atoms with van der Waals surface area (Å²) in [5.41, 5.74) is 7.11. The molecule has 1 aliphatic heterocycles. The molecule has 2 atom stereocenters. The summed E-state index contributed by atoms with van der Waals surface area (Å²) in [6.45, 7) is 4.55. The van der Waals surface area contributed by atoms with E-state index in [4.69, 9.17) is 5.73 Å². The average Bonchev–Trinajstić information content (AvgIpc) is 2.81. The Kier molecular flexibility index (Phi) is 4.22. The Bertz CT molecular complexity index is 434. The molecule has 0 aromatic heterocycles. The highest BCUT2D eigenvalue weighted by atomic mass is 16.2. The van der Waals surface area contributed by atoms with Gasteiger partial charge in [0.1, 0.15) is 0 Å². The van der Waals surface area contributed by atoms with Gasteiger partial charge in [0.2, 0.25) is 5.91 Å². The minimum Gasteiger partial charge on any atom is -0.359 e. The smallest absolute Gasteiger partial charge is 0.227 e. The summed E-state index contributed by atoms with van der Waals surface area (Å²) < 4.78 is 0. The van der Waals surface area contributed by atoms with Crippen molar-refractivity contribution in [2.75, 3.05) is 26.7 Å². The minimum absolute atomic E-state index is 0.00763. The largest absolute Gasteiger partial charge is 0.359 e. The number of rotatable bonds is 4. The van der Waals surface area contributed by atoms with E-state index >= 15 is 0 Å². The van der Waals surface area contributed by atoms with Gasteiger partial charge in [0.25, 0.3) is 0 Å². The Balaban J connectivity index is 1.94. The number of carbonyl (C=O) groups excluding carboxylic acids is 1. The minimum atomic E-state index is -0.273. The van der Waals surface area contributed by atoms with Gasteiger partial charge in [-0.3, -0.25) is 4.79 Å². The molecule has 0 radical (unpaired) electrons. The summed E-state index contributed by atoms with van der Waals surface area (Å²) in [5, 5.41) is 2.76. The molecule has 1 saturated heterocycles. The zero-order chi connectivity index (χ0) is 13.9. The van der Waals surface area contributed by atoms with Gasteiger partial charge in [-0.2, -0.15) is 0 Å². The molecule has 0 aliphatic carbocycles. The molecule has 1 aromatic carbocycles. The molecule has 0 saturated carbocycles. The monoisotopic (exact) mass is 261 g/mol. The van der Waals surface area contributed by atoms with Crippen LogP contribution in [0.4, 0.5) is 0 Å². The third-order valence-electron chi connectivity index (χ3n) is 4.01. The number of likely N-dealkylation sites (tertiary alicyclic amines) is 1. The van der Waals surface area contributed by atoms with Crippen LogP contribution in [0.1, 0.15) is 24.9 Å². The van der Waals surface area contributed by atoms with Crippen molar-refractivity contribution >= 4 is 5.91 Å². The average molecular weight is 261 g/mol. The Morgan fingerprint density at radius 1 is 1.47 bits per heavy atom. The second kappa shape index (κ2) is 5.72. The molecule has 19 heavy (non-hydrogen) atoms. The van der Waals surface area contributed by atoms with Crippen LogP contribution in [-0.2, 0) is 4.79 Å². The maximum Gasteiger partial charge on any atom is 0.227 e. The lowest BCUT2D eigenvalue weighted by molar-refractivity contribution is -0.129. The summed E-state index contributed by atoms with van der Waals surface area (Å²) in [5.74, 6) is 0.128. The fourth-order valence-electron chi connectivity index (χ4n) is 2.78. The SMILES string of the molecule is CNC(=O)C1(C)CCN(CC(N)c2ccccc2)C1. The lowest BCUT2D eigenvalue weighted by Gasteiger charge is -2.24. The highest BCUT2D eigenvalue weighted by molar-refractivity contribution is 5.82. The van der Waals surface area contributed by atoms with Gasteiger partial charge in [0.15, 0.2) is 0 Å². The Morgan fingerprint density at radius 3 is 2.79 bits per heavy atom. The van der Waals surface area contributed by atoms with Crippen LogP contribution in [0.2, 0.25) is 0 Å². The van der Waals surface area contributed by atoms with E-state index in [2.05, 4.69) is 22.3 Å². The van der Waals surface area contributed by atoms with Crippen LogP contribution in [0.5, 0.6) is 0 Å². The molecule has 1 aliphatic rings. The molecule has 2 rings (SSSR count). The standard InChI is InChI=1S/C15H23N3O/c1-15(14(19)17-2)8-9-18(11-15)10-13(16)12-6-4-3-5-7-12/h3-7,13H,8-11,16H2,1-2H3,(H,17,19). The van der Waals surface area contributed by atoms with E-state index in [0.717, 1.165) is 31.6 Å². The molecular weight excluding hydrogens is 238 g/mol. The lowest BCUT2D eigenvalue weighted by atomic mass is 9.89. The van der Waals surface area contributed by atoms with Crippen LogP contribution >= 0.6 is 0 Å². The Morgan fingerprint density at radius 2 is 2.16 bits per heavy atom. The van der Waals surface area contributed by atoms with Crippen molar-refractivity contribution in [1.82, 2.24) is 10.2 Å². The molecule has 1 fully saturated rings. The van der Waals surface area contributed by atoms with E-state index in [-0.39, 0.29) is 17.4 Å². The molecule has 4 heteroatoms. The van der Waals surface area contributed by atoms with E-state index in [1.54, 1.807) is 7.05 Å². The summed E-state index contributed by atoms with van der Waals surface area (Å²) in [4.78, 5) is 14.2. The van der Waals surface area contributed by atoms with Crippen molar-refractivity contribution in [3.05, 3.63) is 35.9 Å². The van der Waals surface area contributed by atoms with Gasteiger partial charge in [-0.15, -0.1) is 0 Å². The highest BCUT2D eigenvalue weighted by Gasteiger charge is 2.39. The second-order valence-corrected chi connectivity index (χ2v) is 5.64. The van der Waals surface area contributed by atoms with Crippen LogP contribution in [0.15, 0.2) is 30.3 Å². The first-order valence-electron chi connectivity index (χ1n) is 6.80. The van der Waals surface area contributed by atoms with Gasteiger partial charge in [-0.05, 0) is 25.5 Å². The predicted octanol–water partition coefficient (Wildman–Crippen LogP) is 1.14. The van der Waals surface area contributed by atoms with Crippen molar-refractivity contribution in [3.63, 3.8) is 0 Å². The van der Waals surface area contributed by atoms with Crippen molar-refractivity contribution in [2.45, 2.75) is 19.4 Å². The summed E-state index contributed by atoms with van der Waals surface area (Å²) in [6, 6.07) is 10.1. The summed E-state index contributed by atoms with van der Waals surface area (Å²) in [7, 11) is 1.70. The first-order valence-corrected chi connectivity index (χ1v) is 6.80. The number of amides is 1. The zero-order valence-corrected chi connectivity index (χ0v) is 11.7. The van der Waals surface area contributed by atoms with E-state index in [1.165, 1.54) is 0 Å². The van der Waals surface area contributed by atoms with Crippen molar-refractivity contribution in [1.29, 1.82) is 0 Å². The number of nitrogens with one attached hydrogen (secondary N) is 1. The van der Waals surface area contributed by atoms with Gasteiger partial charge in [-0.1, -0.05) is 30.3 Å². The van der Waals surface area contributed by atoms with Crippen LogP contribution < -0.4 is 11.1 Å². The fraction of sp³-hybridized carbons (Fsp3) is 0.533. The van der Waals surface area contributed by atoms with Crippen molar-refractivity contribution in [2.24, 2.45) is 11.1 Å².